The summed E-state index contributed by atoms with van der Waals surface area (Å²) in [6.07, 6.45) is 11.6. The van der Waals surface area contributed by atoms with E-state index >= 15 is 0 Å². The molecule has 0 aliphatic heterocycles. The van der Waals surface area contributed by atoms with Gasteiger partial charge in [-0.2, -0.15) is 0 Å². The molecule has 3 rings (SSSR count). The second-order valence-electron chi connectivity index (χ2n) is 8.69. The number of halogens is 2. The van der Waals surface area contributed by atoms with Crippen LogP contribution in [0, 0.1) is 35.5 Å². The van der Waals surface area contributed by atoms with Crippen LogP contribution in [0.4, 0.5) is 8.78 Å². The molecule has 3 aliphatic carbocycles. The molecule has 0 aromatic rings. The summed E-state index contributed by atoms with van der Waals surface area (Å²) in [6.45, 7) is 5.80. The number of hydrogen-bond acceptors (Lipinski definition) is 0. The van der Waals surface area contributed by atoms with Crippen molar-refractivity contribution in [1.29, 1.82) is 0 Å². The Kier molecular flexibility index (Phi) is 11.2. The second kappa shape index (κ2) is 11.4. The monoisotopic (exact) mass is 378 g/mol. The first-order valence-electron chi connectivity index (χ1n) is 10.0. The summed E-state index contributed by atoms with van der Waals surface area (Å²) in [6, 6.07) is 0. The Morgan fingerprint density at radius 1 is 0.731 bits per heavy atom. The van der Waals surface area contributed by atoms with Crippen molar-refractivity contribution in [2.45, 2.75) is 90.9 Å². The Morgan fingerprint density at radius 3 is 1.69 bits per heavy atom. The SMILES string of the molecule is C.C=CC1CCC(C2CCC(C3CCC(C)C(F)C3F)CC2)CC1.O.O.[HH]. The van der Waals surface area contributed by atoms with Gasteiger partial charge in [0, 0.05) is 1.43 Å². The van der Waals surface area contributed by atoms with Gasteiger partial charge in [-0.15, -0.1) is 6.58 Å². The standard InChI is InChI=1S/C21H34F2.CH4.2H2O.H2/c1-3-15-5-7-16(8-6-15)17-9-11-18(12-10-17)19-13-4-14(2)20(22)21(19)23;;;;/h3,14-21H,1,4-13H2,2H3;1H4;2*1H2;1H. The van der Waals surface area contributed by atoms with Crippen molar-refractivity contribution in [3.05, 3.63) is 12.7 Å². The van der Waals surface area contributed by atoms with Crippen molar-refractivity contribution in [2.75, 3.05) is 0 Å². The van der Waals surface area contributed by atoms with Gasteiger partial charge in [0.2, 0.25) is 0 Å². The highest BCUT2D eigenvalue weighted by molar-refractivity contribution is 4.93. The van der Waals surface area contributed by atoms with E-state index in [1.807, 2.05) is 6.92 Å². The third kappa shape index (κ3) is 5.51. The van der Waals surface area contributed by atoms with E-state index in [0.717, 1.165) is 43.4 Å². The molecule has 0 bridgehead atoms. The van der Waals surface area contributed by atoms with E-state index in [1.165, 1.54) is 38.5 Å². The molecule has 0 radical (unpaired) electrons. The maximum absolute atomic E-state index is 14.4. The van der Waals surface area contributed by atoms with Crippen molar-refractivity contribution in [3.8, 4) is 0 Å². The van der Waals surface area contributed by atoms with Gasteiger partial charge in [0.25, 0.3) is 0 Å². The average Bonchev–Trinajstić information content (AvgIpc) is 2.60. The van der Waals surface area contributed by atoms with Crippen LogP contribution in [-0.2, 0) is 0 Å². The van der Waals surface area contributed by atoms with Gasteiger partial charge in [0.1, 0.15) is 12.3 Å². The van der Waals surface area contributed by atoms with E-state index in [2.05, 4.69) is 12.7 Å². The Bertz CT molecular complexity index is 394. The maximum Gasteiger partial charge on any atom is 0.134 e. The van der Waals surface area contributed by atoms with Crippen LogP contribution in [0.1, 0.15) is 80.0 Å². The molecule has 4 N–H and O–H groups in total. The quantitative estimate of drug-likeness (QED) is 0.562. The van der Waals surface area contributed by atoms with Crippen molar-refractivity contribution < 1.29 is 21.2 Å². The van der Waals surface area contributed by atoms with Crippen LogP contribution < -0.4 is 0 Å². The Balaban J connectivity index is 0. The topological polar surface area (TPSA) is 63.0 Å². The number of alkyl halides is 2. The predicted octanol–water partition coefficient (Wildman–Crippen LogP) is 5.74. The number of hydrogen-bond donors (Lipinski definition) is 0. The molecule has 26 heavy (non-hydrogen) atoms. The minimum atomic E-state index is -1.22. The molecule has 2 nitrogen and oxygen atoms in total. The molecule has 0 spiro atoms. The molecule has 3 fully saturated rings. The zero-order valence-electron chi connectivity index (χ0n) is 15.7. The van der Waals surface area contributed by atoms with E-state index in [0.29, 0.717) is 5.92 Å². The molecular weight excluding hydrogens is 334 g/mol. The lowest BCUT2D eigenvalue weighted by Gasteiger charge is -2.42. The first kappa shape index (κ1) is 25.5. The van der Waals surface area contributed by atoms with E-state index in [4.69, 9.17) is 0 Å². The lowest BCUT2D eigenvalue weighted by Crippen LogP contribution is -2.41. The molecule has 0 aromatic carbocycles. The molecule has 158 valence electrons. The number of allylic oxidation sites excluding steroid dienone is 1. The fourth-order valence-electron chi connectivity index (χ4n) is 5.72. The highest BCUT2D eigenvalue weighted by atomic mass is 19.2. The van der Waals surface area contributed by atoms with Gasteiger partial charge in [0.05, 0.1) is 0 Å². The summed E-state index contributed by atoms with van der Waals surface area (Å²) in [7, 11) is 0. The molecule has 3 aliphatic rings. The third-order valence-electron chi connectivity index (χ3n) is 7.45. The van der Waals surface area contributed by atoms with Crippen LogP contribution in [0.2, 0.25) is 0 Å². The van der Waals surface area contributed by atoms with E-state index in [-0.39, 0.29) is 31.6 Å². The first-order valence-corrected chi connectivity index (χ1v) is 10.0. The van der Waals surface area contributed by atoms with Crippen molar-refractivity contribution >= 4 is 0 Å². The molecule has 3 saturated carbocycles. The third-order valence-corrected chi connectivity index (χ3v) is 7.45. The van der Waals surface area contributed by atoms with Crippen molar-refractivity contribution in [1.82, 2.24) is 0 Å². The van der Waals surface area contributed by atoms with Gasteiger partial charge in [0.15, 0.2) is 0 Å². The van der Waals surface area contributed by atoms with E-state index in [9.17, 15) is 8.78 Å². The summed E-state index contributed by atoms with van der Waals surface area (Å²) in [4.78, 5) is 0. The second-order valence-corrected chi connectivity index (χ2v) is 8.69. The Hall–Kier alpha value is -0.480. The predicted molar refractivity (Wildman–Crippen MR) is 109 cm³/mol. The molecule has 0 saturated heterocycles. The van der Waals surface area contributed by atoms with Gasteiger partial charge < -0.3 is 11.0 Å². The normalized spacial score (nSPS) is 43.2. The average molecular weight is 379 g/mol. The summed E-state index contributed by atoms with van der Waals surface area (Å²) in [5, 5.41) is 0. The van der Waals surface area contributed by atoms with Crippen LogP contribution in [0.5, 0.6) is 0 Å². The van der Waals surface area contributed by atoms with Crippen LogP contribution in [-0.4, -0.2) is 23.3 Å². The van der Waals surface area contributed by atoms with Gasteiger partial charge in [-0.1, -0.05) is 20.4 Å². The minimum absolute atomic E-state index is 0. The van der Waals surface area contributed by atoms with Gasteiger partial charge >= 0.3 is 0 Å². The van der Waals surface area contributed by atoms with Crippen LogP contribution in [0.3, 0.4) is 0 Å². The molecule has 4 atom stereocenters. The lowest BCUT2D eigenvalue weighted by molar-refractivity contribution is -0.00986. The largest absolute Gasteiger partial charge is 0.412 e. The summed E-state index contributed by atoms with van der Waals surface area (Å²) < 4.78 is 28.5. The summed E-state index contributed by atoms with van der Waals surface area (Å²) in [5.74, 6) is 2.82. The van der Waals surface area contributed by atoms with Gasteiger partial charge in [-0.25, -0.2) is 8.78 Å². The Morgan fingerprint density at radius 2 is 1.19 bits per heavy atom. The van der Waals surface area contributed by atoms with E-state index in [1.54, 1.807) is 0 Å². The molecular formula is C22H44F2O2. The fraction of sp³-hybridized carbons (Fsp3) is 0.909. The zero-order valence-corrected chi connectivity index (χ0v) is 15.7. The lowest BCUT2D eigenvalue weighted by atomic mass is 9.64. The summed E-state index contributed by atoms with van der Waals surface area (Å²) >= 11 is 0. The van der Waals surface area contributed by atoms with Crippen LogP contribution in [0.15, 0.2) is 12.7 Å². The van der Waals surface area contributed by atoms with Gasteiger partial charge in [-0.3, -0.25) is 0 Å². The molecule has 0 aromatic heterocycles. The maximum atomic E-state index is 14.4. The van der Waals surface area contributed by atoms with E-state index < -0.39 is 12.3 Å². The van der Waals surface area contributed by atoms with Crippen LogP contribution in [0.25, 0.3) is 0 Å². The zero-order chi connectivity index (χ0) is 16.4. The molecule has 4 heteroatoms. The van der Waals surface area contributed by atoms with Crippen LogP contribution >= 0.6 is 0 Å². The molecule has 4 unspecified atom stereocenters. The highest BCUT2D eigenvalue weighted by Crippen LogP contribution is 2.47. The smallest absolute Gasteiger partial charge is 0.134 e. The highest BCUT2D eigenvalue weighted by Gasteiger charge is 2.43. The van der Waals surface area contributed by atoms with Crippen molar-refractivity contribution in [3.63, 3.8) is 0 Å². The van der Waals surface area contributed by atoms with Gasteiger partial charge in [-0.05, 0) is 99.7 Å². The first-order chi connectivity index (χ1) is 11.1. The Labute approximate surface area is 160 Å². The fourth-order valence-corrected chi connectivity index (χ4v) is 5.72. The molecule has 0 amide bonds. The summed E-state index contributed by atoms with van der Waals surface area (Å²) in [5.41, 5.74) is 0. The minimum Gasteiger partial charge on any atom is -0.412 e. The molecule has 0 heterocycles. The van der Waals surface area contributed by atoms with Crippen molar-refractivity contribution in [2.24, 2.45) is 35.5 Å². The number of rotatable bonds is 3.